The smallest absolute Gasteiger partial charge is 0.150 e. The maximum atomic E-state index is 5.08. The molecule has 15 heavy (non-hydrogen) atoms. The first-order valence-electron chi connectivity index (χ1n) is 4.78. The normalized spacial score (nSPS) is 10.8. The molecule has 80 valence electrons. The minimum Gasteiger partial charge on any atom is -0.360 e. The van der Waals surface area contributed by atoms with Gasteiger partial charge in [0, 0.05) is 23.7 Å². The van der Waals surface area contributed by atoms with Crippen molar-refractivity contribution in [3.05, 3.63) is 33.6 Å². The molecule has 2 rings (SSSR count). The molecule has 0 spiro atoms. The molecule has 0 saturated heterocycles. The Balaban J connectivity index is 1.80. The topological polar surface area (TPSA) is 51.0 Å². The van der Waals surface area contributed by atoms with E-state index in [4.69, 9.17) is 4.52 Å². The van der Waals surface area contributed by atoms with Gasteiger partial charge in [0.1, 0.15) is 5.01 Å². The number of nitrogens with one attached hydrogen (secondary N) is 1. The van der Waals surface area contributed by atoms with Crippen molar-refractivity contribution in [1.82, 2.24) is 15.5 Å². The molecule has 2 aromatic heterocycles. The van der Waals surface area contributed by atoms with E-state index in [9.17, 15) is 0 Å². The van der Waals surface area contributed by atoms with Crippen molar-refractivity contribution in [3.8, 4) is 0 Å². The Bertz CT molecular complexity index is 395. The van der Waals surface area contributed by atoms with E-state index < -0.39 is 0 Å². The van der Waals surface area contributed by atoms with Gasteiger partial charge in [-0.2, -0.15) is 0 Å². The van der Waals surface area contributed by atoms with Gasteiger partial charge in [-0.25, -0.2) is 4.98 Å². The van der Waals surface area contributed by atoms with Crippen LogP contribution in [0.5, 0.6) is 0 Å². The van der Waals surface area contributed by atoms with Gasteiger partial charge in [0.05, 0.1) is 12.2 Å². The quantitative estimate of drug-likeness (QED) is 0.861. The molecule has 5 heteroatoms. The zero-order valence-corrected chi connectivity index (χ0v) is 9.60. The van der Waals surface area contributed by atoms with Crippen LogP contribution in [0.4, 0.5) is 0 Å². The van der Waals surface area contributed by atoms with Crippen molar-refractivity contribution in [2.75, 3.05) is 0 Å². The summed E-state index contributed by atoms with van der Waals surface area (Å²) in [5.74, 6) is 0.862. The summed E-state index contributed by atoms with van der Waals surface area (Å²) in [7, 11) is 0. The van der Waals surface area contributed by atoms with Crippen LogP contribution in [0.2, 0.25) is 0 Å². The van der Waals surface area contributed by atoms with Gasteiger partial charge in [0.2, 0.25) is 0 Å². The van der Waals surface area contributed by atoms with Gasteiger partial charge in [-0.15, -0.1) is 11.3 Å². The molecule has 0 aromatic carbocycles. The van der Waals surface area contributed by atoms with Crippen molar-refractivity contribution in [2.45, 2.75) is 26.9 Å². The highest BCUT2D eigenvalue weighted by atomic mass is 32.1. The molecule has 0 atom stereocenters. The molecule has 1 N–H and O–H groups in total. The van der Waals surface area contributed by atoms with E-state index in [0.29, 0.717) is 6.54 Å². The van der Waals surface area contributed by atoms with Crippen LogP contribution in [0.3, 0.4) is 0 Å². The number of hydrogen-bond acceptors (Lipinski definition) is 5. The molecule has 0 amide bonds. The van der Waals surface area contributed by atoms with Crippen molar-refractivity contribution >= 4 is 11.3 Å². The first-order valence-corrected chi connectivity index (χ1v) is 5.66. The molecular weight excluding hydrogens is 210 g/mol. The van der Waals surface area contributed by atoms with Gasteiger partial charge in [-0.05, 0) is 13.8 Å². The van der Waals surface area contributed by atoms with Crippen molar-refractivity contribution in [2.24, 2.45) is 0 Å². The van der Waals surface area contributed by atoms with Gasteiger partial charge in [-0.1, -0.05) is 5.16 Å². The molecule has 0 fully saturated rings. The second-order valence-electron chi connectivity index (χ2n) is 3.42. The second kappa shape index (κ2) is 4.55. The number of rotatable bonds is 4. The lowest BCUT2D eigenvalue weighted by Gasteiger charge is -1.97. The zero-order valence-electron chi connectivity index (χ0n) is 8.78. The summed E-state index contributed by atoms with van der Waals surface area (Å²) in [6, 6.07) is 1.93. The highest BCUT2D eigenvalue weighted by Crippen LogP contribution is 2.08. The van der Waals surface area contributed by atoms with Crippen molar-refractivity contribution in [3.63, 3.8) is 0 Å². The molecule has 0 aliphatic carbocycles. The summed E-state index contributed by atoms with van der Waals surface area (Å²) in [5, 5.41) is 10.2. The molecule has 0 aliphatic rings. The molecular formula is C10H13N3OS. The Kier molecular flexibility index (Phi) is 3.13. The predicted octanol–water partition coefficient (Wildman–Crippen LogP) is 2.04. The monoisotopic (exact) mass is 223 g/mol. The van der Waals surface area contributed by atoms with Crippen LogP contribution >= 0.6 is 11.3 Å². The van der Waals surface area contributed by atoms with Gasteiger partial charge in [0.15, 0.2) is 5.76 Å². The Morgan fingerprint density at radius 1 is 1.33 bits per heavy atom. The molecule has 0 radical (unpaired) electrons. The van der Waals surface area contributed by atoms with E-state index in [1.165, 1.54) is 0 Å². The van der Waals surface area contributed by atoms with E-state index in [1.807, 2.05) is 19.9 Å². The fraction of sp³-hybridized carbons (Fsp3) is 0.400. The highest BCUT2D eigenvalue weighted by molar-refractivity contribution is 7.09. The Labute approximate surface area is 92.3 Å². The van der Waals surface area contributed by atoms with Crippen molar-refractivity contribution < 1.29 is 4.52 Å². The van der Waals surface area contributed by atoms with Crippen LogP contribution in [0.15, 0.2) is 16.0 Å². The number of hydrogen-bond donors (Lipinski definition) is 1. The van der Waals surface area contributed by atoms with E-state index >= 15 is 0 Å². The fourth-order valence-corrected chi connectivity index (χ4v) is 2.02. The van der Waals surface area contributed by atoms with E-state index in [-0.39, 0.29) is 0 Å². The van der Waals surface area contributed by atoms with Gasteiger partial charge >= 0.3 is 0 Å². The minimum absolute atomic E-state index is 0.694. The standard InChI is InChI=1S/C10H13N3OS/c1-7-3-9(14-13-7)4-11-5-10-12-8(2)6-15-10/h3,6,11H,4-5H2,1-2H3. The summed E-state index contributed by atoms with van der Waals surface area (Å²) in [6.07, 6.45) is 0. The van der Waals surface area contributed by atoms with Crippen molar-refractivity contribution in [1.29, 1.82) is 0 Å². The number of aromatic nitrogens is 2. The fourth-order valence-electron chi connectivity index (χ4n) is 1.28. The molecule has 2 heterocycles. The second-order valence-corrected chi connectivity index (χ2v) is 4.36. The molecule has 4 nitrogen and oxygen atoms in total. The molecule has 0 unspecified atom stereocenters. The predicted molar refractivity (Wildman–Crippen MR) is 58.6 cm³/mol. The first kappa shape index (κ1) is 10.3. The highest BCUT2D eigenvalue weighted by Gasteiger charge is 2.01. The molecule has 2 aromatic rings. The van der Waals surface area contributed by atoms with Crippen LogP contribution in [-0.2, 0) is 13.1 Å². The lowest BCUT2D eigenvalue weighted by molar-refractivity contribution is 0.369. The average molecular weight is 223 g/mol. The lowest BCUT2D eigenvalue weighted by Crippen LogP contribution is -2.11. The molecule has 0 bridgehead atoms. The summed E-state index contributed by atoms with van der Waals surface area (Å²) in [5.41, 5.74) is 1.99. The SMILES string of the molecule is Cc1cc(CNCc2nc(C)cs2)on1. The Hall–Kier alpha value is -1.20. The van der Waals surface area contributed by atoms with Gasteiger partial charge < -0.3 is 9.84 Å². The first-order chi connectivity index (χ1) is 7.24. The zero-order chi connectivity index (χ0) is 10.7. The van der Waals surface area contributed by atoms with E-state index in [1.54, 1.807) is 11.3 Å². The van der Waals surface area contributed by atoms with Gasteiger partial charge in [-0.3, -0.25) is 0 Å². The number of aryl methyl sites for hydroxylation is 2. The Morgan fingerprint density at radius 2 is 2.20 bits per heavy atom. The van der Waals surface area contributed by atoms with Crippen LogP contribution in [0.1, 0.15) is 22.2 Å². The maximum absolute atomic E-state index is 5.08. The van der Waals surface area contributed by atoms with Crippen LogP contribution in [0, 0.1) is 13.8 Å². The molecule has 0 aliphatic heterocycles. The van der Waals surface area contributed by atoms with Gasteiger partial charge in [0.25, 0.3) is 0 Å². The third-order valence-corrected chi connectivity index (χ3v) is 2.89. The summed E-state index contributed by atoms with van der Waals surface area (Å²) < 4.78 is 5.08. The largest absolute Gasteiger partial charge is 0.360 e. The third kappa shape index (κ3) is 2.87. The third-order valence-electron chi connectivity index (χ3n) is 1.92. The number of thiazole rings is 1. The lowest BCUT2D eigenvalue weighted by atomic mass is 10.4. The van der Waals surface area contributed by atoms with Crippen LogP contribution < -0.4 is 5.32 Å². The maximum Gasteiger partial charge on any atom is 0.150 e. The summed E-state index contributed by atoms with van der Waals surface area (Å²) in [6.45, 7) is 5.38. The van der Waals surface area contributed by atoms with E-state index in [2.05, 4.69) is 20.8 Å². The molecule has 0 saturated carbocycles. The van der Waals surface area contributed by atoms with E-state index in [0.717, 1.165) is 28.7 Å². The average Bonchev–Trinajstić information content (AvgIpc) is 2.76. The summed E-state index contributed by atoms with van der Waals surface area (Å²) >= 11 is 1.67. The van der Waals surface area contributed by atoms with Crippen LogP contribution in [0.25, 0.3) is 0 Å². The van der Waals surface area contributed by atoms with Crippen LogP contribution in [-0.4, -0.2) is 10.1 Å². The minimum atomic E-state index is 0.694. The number of nitrogens with zero attached hydrogens (tertiary/aromatic N) is 2. The summed E-state index contributed by atoms with van der Waals surface area (Å²) in [4.78, 5) is 4.36. The Morgan fingerprint density at radius 3 is 2.80 bits per heavy atom.